The molecular weight excluding hydrogens is 515 g/mol. The maximum atomic E-state index is 5.77. The van der Waals surface area contributed by atoms with Gasteiger partial charge in [0.05, 0.1) is 0 Å². The Bertz CT molecular complexity index is 408. The molecule has 0 fully saturated rings. The topological polar surface area (TPSA) is 0 Å². The molecule has 0 nitrogen and oxygen atoms in total. The van der Waals surface area contributed by atoms with Crippen LogP contribution in [0.25, 0.3) is 0 Å². The van der Waals surface area contributed by atoms with Crippen molar-refractivity contribution in [2.75, 3.05) is 0 Å². The van der Waals surface area contributed by atoms with Gasteiger partial charge >= 0.3 is 0 Å². The van der Waals surface area contributed by atoms with E-state index in [-0.39, 0.29) is 4.84 Å². The Morgan fingerprint density at radius 1 is 0.256 bits per heavy atom. The van der Waals surface area contributed by atoms with Crippen LogP contribution in [0.4, 0.5) is 0 Å². The van der Waals surface area contributed by atoms with Gasteiger partial charge in [-0.1, -0.05) is 225 Å². The van der Waals surface area contributed by atoms with Crippen LogP contribution in [0.2, 0.25) is 0 Å². The van der Waals surface area contributed by atoms with Gasteiger partial charge in [-0.2, -0.15) is 0 Å². The van der Waals surface area contributed by atoms with Crippen molar-refractivity contribution < 1.29 is 0 Å². The number of halogens is 2. The van der Waals surface area contributed by atoms with Crippen LogP contribution in [0.3, 0.4) is 0 Å². The molecule has 0 aliphatic heterocycles. The molecule has 0 saturated heterocycles. The van der Waals surface area contributed by atoms with E-state index in [9.17, 15) is 0 Å². The van der Waals surface area contributed by atoms with Crippen molar-refractivity contribution in [3.63, 3.8) is 0 Å². The van der Waals surface area contributed by atoms with E-state index in [0.717, 1.165) is 6.42 Å². The van der Waals surface area contributed by atoms with Gasteiger partial charge in [0, 0.05) is 0 Å². The van der Waals surface area contributed by atoms with Gasteiger partial charge in [-0.05, 0) is 6.42 Å². The molecule has 0 N–H and O–H groups in total. The van der Waals surface area contributed by atoms with Gasteiger partial charge in [0.25, 0.3) is 0 Å². The lowest BCUT2D eigenvalue weighted by atomic mass is 10.0. The largest absolute Gasteiger partial charge is 0.107 e. The van der Waals surface area contributed by atoms with Gasteiger partial charge in [-0.15, -0.1) is 23.2 Å². The minimum absolute atomic E-state index is 0.159. The number of unbranched alkanes of at least 4 members (excludes halogenated alkanes) is 33. The van der Waals surface area contributed by atoms with Gasteiger partial charge in [0.2, 0.25) is 0 Å². The van der Waals surface area contributed by atoms with E-state index in [2.05, 4.69) is 6.92 Å². The third-order valence-electron chi connectivity index (χ3n) is 8.78. The molecule has 0 rings (SSSR count). The second-order valence-corrected chi connectivity index (χ2v) is 14.1. The Morgan fingerprint density at radius 3 is 0.564 bits per heavy atom. The zero-order valence-corrected chi connectivity index (χ0v) is 28.6. The fourth-order valence-electron chi connectivity index (χ4n) is 6.03. The van der Waals surface area contributed by atoms with Crippen molar-refractivity contribution in [1.82, 2.24) is 0 Å². The average molecular weight is 590 g/mol. The predicted octanol–water partition coefficient (Wildman–Crippen LogP) is 15.5. The van der Waals surface area contributed by atoms with Crippen molar-refractivity contribution in [2.45, 2.75) is 236 Å². The fraction of sp³-hybridized carbons (Fsp3) is 1.00. The molecule has 39 heavy (non-hydrogen) atoms. The summed E-state index contributed by atoms with van der Waals surface area (Å²) >= 11 is 11.5. The van der Waals surface area contributed by atoms with E-state index in [4.69, 9.17) is 23.2 Å². The quantitative estimate of drug-likeness (QED) is 0.0509. The van der Waals surface area contributed by atoms with E-state index in [0.29, 0.717) is 0 Å². The summed E-state index contributed by atoms with van der Waals surface area (Å²) in [6.45, 7) is 2.31. The Labute approximate surface area is 258 Å². The smallest absolute Gasteiger partial charge is 0.105 e. The normalized spacial score (nSPS) is 11.7. The molecule has 0 amide bonds. The Kier molecular flexibility index (Phi) is 37.2. The summed E-state index contributed by atoms with van der Waals surface area (Å²) in [7, 11) is 0. The highest BCUT2D eigenvalue weighted by atomic mass is 35.5. The maximum absolute atomic E-state index is 5.77. The van der Waals surface area contributed by atoms with Crippen LogP contribution in [-0.2, 0) is 0 Å². The number of alkyl halides is 2. The molecule has 0 aromatic rings. The number of hydrogen-bond donors (Lipinski definition) is 0. The lowest BCUT2D eigenvalue weighted by Gasteiger charge is -2.05. The lowest BCUT2D eigenvalue weighted by molar-refractivity contribution is 0.511. The van der Waals surface area contributed by atoms with Crippen molar-refractivity contribution in [3.8, 4) is 0 Å². The first-order valence-electron chi connectivity index (χ1n) is 18.6. The first-order chi connectivity index (χ1) is 19.3. The summed E-state index contributed by atoms with van der Waals surface area (Å²) in [5.74, 6) is 0. The minimum Gasteiger partial charge on any atom is -0.105 e. The van der Waals surface area contributed by atoms with Crippen LogP contribution in [0.15, 0.2) is 0 Å². The van der Waals surface area contributed by atoms with Crippen LogP contribution in [-0.4, -0.2) is 4.84 Å². The molecule has 0 aromatic heterocycles. The second-order valence-electron chi connectivity index (χ2n) is 12.8. The second kappa shape index (κ2) is 36.6. The molecule has 0 bridgehead atoms. The standard InChI is InChI=1S/C37H74Cl2/c1-2-3-4-5-6-7-8-9-10-11-12-13-14-15-16-17-18-19-20-21-22-23-24-25-26-27-28-29-30-31-32-33-34-35-36-37(38)39/h37H,2-36H2,1H3. The summed E-state index contributed by atoms with van der Waals surface area (Å²) < 4.78 is 0. The summed E-state index contributed by atoms with van der Waals surface area (Å²) in [4.78, 5) is -0.159. The van der Waals surface area contributed by atoms with Crippen LogP contribution < -0.4 is 0 Å². The molecule has 0 radical (unpaired) electrons. The van der Waals surface area contributed by atoms with Crippen molar-refractivity contribution in [1.29, 1.82) is 0 Å². The van der Waals surface area contributed by atoms with Gasteiger partial charge in [-0.25, -0.2) is 0 Å². The molecule has 0 heterocycles. The molecule has 236 valence electrons. The lowest BCUT2D eigenvalue weighted by Crippen LogP contribution is -1.87. The Morgan fingerprint density at radius 2 is 0.410 bits per heavy atom. The zero-order chi connectivity index (χ0) is 28.3. The molecule has 0 aliphatic rings. The third-order valence-corrected chi connectivity index (χ3v) is 9.21. The van der Waals surface area contributed by atoms with Gasteiger partial charge in [0.15, 0.2) is 0 Å². The van der Waals surface area contributed by atoms with Gasteiger partial charge in [-0.3, -0.25) is 0 Å². The van der Waals surface area contributed by atoms with Crippen LogP contribution >= 0.6 is 23.2 Å². The first kappa shape index (κ1) is 39.6. The fourth-order valence-corrected chi connectivity index (χ4v) is 6.34. The minimum atomic E-state index is -0.159. The van der Waals surface area contributed by atoms with E-state index in [1.807, 2.05) is 0 Å². The highest BCUT2D eigenvalue weighted by Crippen LogP contribution is 2.18. The number of rotatable bonds is 35. The molecule has 0 saturated carbocycles. The predicted molar refractivity (Wildman–Crippen MR) is 183 cm³/mol. The zero-order valence-electron chi connectivity index (χ0n) is 27.1. The van der Waals surface area contributed by atoms with Crippen LogP contribution in [0.1, 0.15) is 232 Å². The van der Waals surface area contributed by atoms with E-state index in [1.165, 1.54) is 218 Å². The molecule has 0 aromatic carbocycles. The van der Waals surface area contributed by atoms with Crippen LogP contribution in [0.5, 0.6) is 0 Å². The summed E-state index contributed by atoms with van der Waals surface area (Å²) in [6.07, 6.45) is 50.4. The monoisotopic (exact) mass is 589 g/mol. The highest BCUT2D eigenvalue weighted by Gasteiger charge is 1.99. The number of hydrogen-bond acceptors (Lipinski definition) is 0. The molecule has 0 unspecified atom stereocenters. The summed E-state index contributed by atoms with van der Waals surface area (Å²) in [6, 6.07) is 0. The van der Waals surface area contributed by atoms with Crippen molar-refractivity contribution in [2.24, 2.45) is 0 Å². The molecular formula is C37H74Cl2. The van der Waals surface area contributed by atoms with Gasteiger partial charge in [0.1, 0.15) is 4.84 Å². The molecule has 0 atom stereocenters. The molecule has 2 heteroatoms. The van der Waals surface area contributed by atoms with E-state index >= 15 is 0 Å². The van der Waals surface area contributed by atoms with Crippen molar-refractivity contribution in [3.05, 3.63) is 0 Å². The van der Waals surface area contributed by atoms with Crippen LogP contribution in [0, 0.1) is 0 Å². The highest BCUT2D eigenvalue weighted by molar-refractivity contribution is 6.44. The molecule has 0 aliphatic carbocycles. The summed E-state index contributed by atoms with van der Waals surface area (Å²) in [5.41, 5.74) is 0. The van der Waals surface area contributed by atoms with E-state index < -0.39 is 0 Å². The van der Waals surface area contributed by atoms with Gasteiger partial charge < -0.3 is 0 Å². The SMILES string of the molecule is CCCCCCCCCCCCCCCCCCCCCCCCCCCCCCCCCCCCC(Cl)Cl. The van der Waals surface area contributed by atoms with E-state index in [1.54, 1.807) is 0 Å². The first-order valence-corrected chi connectivity index (χ1v) is 19.4. The third kappa shape index (κ3) is 38.6. The molecule has 0 spiro atoms. The average Bonchev–Trinajstić information content (AvgIpc) is 2.93. The maximum Gasteiger partial charge on any atom is 0.107 e. The summed E-state index contributed by atoms with van der Waals surface area (Å²) in [5, 5.41) is 0. The Hall–Kier alpha value is 0.580. The van der Waals surface area contributed by atoms with Crippen molar-refractivity contribution >= 4 is 23.2 Å². The Balaban J connectivity index is 3.02.